The van der Waals surface area contributed by atoms with E-state index in [1.54, 1.807) is 18.5 Å². The standard InChI is InChI=1S/C9H14N2O3S/c1-3-9-10-5-7-11(9)6-4-8(2)15(12,13)14/h3,5,7-8H,1,4,6H2,2H3,(H,12,13,14)/p+1. The lowest BCUT2D eigenvalue weighted by atomic mass is 10.3. The van der Waals surface area contributed by atoms with E-state index < -0.39 is 15.4 Å². The van der Waals surface area contributed by atoms with E-state index in [2.05, 4.69) is 11.6 Å². The molecule has 0 spiro atoms. The van der Waals surface area contributed by atoms with Crippen molar-refractivity contribution in [3.8, 4) is 0 Å². The Morgan fingerprint density at radius 1 is 1.73 bits per heavy atom. The van der Waals surface area contributed by atoms with E-state index in [-0.39, 0.29) is 0 Å². The highest BCUT2D eigenvalue weighted by molar-refractivity contribution is 7.86. The van der Waals surface area contributed by atoms with Crippen LogP contribution in [0.3, 0.4) is 0 Å². The van der Waals surface area contributed by atoms with Crippen LogP contribution >= 0.6 is 0 Å². The summed E-state index contributed by atoms with van der Waals surface area (Å²) in [6.07, 6.45) is 5.56. The van der Waals surface area contributed by atoms with E-state index in [1.165, 1.54) is 6.92 Å². The van der Waals surface area contributed by atoms with Crippen LogP contribution in [-0.4, -0.2) is 23.2 Å². The van der Waals surface area contributed by atoms with Gasteiger partial charge in [-0.2, -0.15) is 8.42 Å². The summed E-state index contributed by atoms with van der Waals surface area (Å²) in [4.78, 5) is 2.95. The van der Waals surface area contributed by atoms with Crippen molar-refractivity contribution in [3.63, 3.8) is 0 Å². The third-order valence-electron chi connectivity index (χ3n) is 2.27. The van der Waals surface area contributed by atoms with Gasteiger partial charge in [0, 0.05) is 12.5 Å². The first-order chi connectivity index (χ1) is 6.95. The molecule has 0 fully saturated rings. The second-order valence-corrected chi connectivity index (χ2v) is 5.19. The highest BCUT2D eigenvalue weighted by Crippen LogP contribution is 2.03. The number of hydrogen-bond acceptors (Lipinski definition) is 2. The van der Waals surface area contributed by atoms with Gasteiger partial charge in [0.2, 0.25) is 0 Å². The molecule has 1 heterocycles. The normalized spacial score (nSPS) is 13.7. The molecule has 15 heavy (non-hydrogen) atoms. The molecule has 1 aromatic rings. The molecule has 6 heteroatoms. The van der Waals surface area contributed by atoms with Crippen LogP contribution in [0.1, 0.15) is 19.2 Å². The number of nitrogens with one attached hydrogen (secondary N) is 1. The first-order valence-corrected chi connectivity index (χ1v) is 6.11. The Morgan fingerprint density at radius 2 is 2.40 bits per heavy atom. The molecule has 1 unspecified atom stereocenters. The van der Waals surface area contributed by atoms with Gasteiger partial charge in [-0.3, -0.25) is 4.55 Å². The first kappa shape index (κ1) is 11.9. The van der Waals surface area contributed by atoms with Gasteiger partial charge >= 0.3 is 0 Å². The summed E-state index contributed by atoms with van der Waals surface area (Å²) in [5.41, 5.74) is 0. The molecule has 0 aliphatic heterocycles. The molecule has 1 atom stereocenters. The van der Waals surface area contributed by atoms with Gasteiger partial charge in [0.25, 0.3) is 15.9 Å². The minimum absolute atomic E-state index is 0.363. The highest BCUT2D eigenvalue weighted by atomic mass is 32.2. The second kappa shape index (κ2) is 4.59. The topological polar surface area (TPSA) is 74.0 Å². The molecule has 1 rings (SSSR count). The van der Waals surface area contributed by atoms with Crippen LogP contribution in [0.15, 0.2) is 19.0 Å². The fraction of sp³-hybridized carbons (Fsp3) is 0.444. The van der Waals surface area contributed by atoms with Crippen molar-refractivity contribution in [2.45, 2.75) is 25.1 Å². The number of rotatable bonds is 5. The van der Waals surface area contributed by atoms with Crippen molar-refractivity contribution in [2.75, 3.05) is 0 Å². The minimum atomic E-state index is -3.92. The third kappa shape index (κ3) is 3.17. The minimum Gasteiger partial charge on any atom is -0.285 e. The summed E-state index contributed by atoms with van der Waals surface area (Å²) in [5, 5.41) is -0.752. The number of aryl methyl sites for hydroxylation is 1. The molecule has 1 aromatic heterocycles. The summed E-state index contributed by atoms with van der Waals surface area (Å²) in [6.45, 7) is 5.62. The maximum Gasteiger partial charge on any atom is 0.278 e. The molecule has 84 valence electrons. The van der Waals surface area contributed by atoms with E-state index in [0.29, 0.717) is 13.0 Å². The van der Waals surface area contributed by atoms with Crippen molar-refractivity contribution >= 4 is 16.2 Å². The van der Waals surface area contributed by atoms with Gasteiger partial charge in [-0.25, -0.2) is 9.55 Å². The van der Waals surface area contributed by atoms with Crippen LogP contribution in [0, 0.1) is 0 Å². The van der Waals surface area contributed by atoms with E-state index in [1.807, 2.05) is 4.57 Å². The monoisotopic (exact) mass is 231 g/mol. The quantitative estimate of drug-likeness (QED) is 0.576. The fourth-order valence-electron chi connectivity index (χ4n) is 1.22. The Bertz CT molecular complexity index is 436. The van der Waals surface area contributed by atoms with Crippen molar-refractivity contribution in [2.24, 2.45) is 0 Å². The van der Waals surface area contributed by atoms with Crippen molar-refractivity contribution in [1.29, 1.82) is 0 Å². The number of aromatic nitrogens is 2. The van der Waals surface area contributed by atoms with Gasteiger partial charge < -0.3 is 0 Å². The second-order valence-electron chi connectivity index (χ2n) is 3.36. The fourth-order valence-corrected chi connectivity index (χ4v) is 1.62. The molecule has 0 saturated heterocycles. The van der Waals surface area contributed by atoms with Crippen molar-refractivity contribution < 1.29 is 17.5 Å². The molecular formula is C9H15N2O3S+. The zero-order valence-corrected chi connectivity index (χ0v) is 9.37. The van der Waals surface area contributed by atoms with Crippen molar-refractivity contribution in [1.82, 2.24) is 4.98 Å². The van der Waals surface area contributed by atoms with Gasteiger partial charge in [0.15, 0.2) is 0 Å². The number of aromatic amines is 1. The van der Waals surface area contributed by atoms with Crippen LogP contribution in [0.5, 0.6) is 0 Å². The summed E-state index contributed by atoms with van der Waals surface area (Å²) in [7, 11) is -3.92. The van der Waals surface area contributed by atoms with Gasteiger partial charge in [-0.1, -0.05) is 6.58 Å². The molecule has 0 bridgehead atoms. The Labute approximate surface area is 89.2 Å². The van der Waals surface area contributed by atoms with Crippen LogP contribution in [0.4, 0.5) is 0 Å². The Morgan fingerprint density at radius 3 is 2.93 bits per heavy atom. The van der Waals surface area contributed by atoms with Gasteiger partial charge in [0.05, 0.1) is 11.8 Å². The van der Waals surface area contributed by atoms with Gasteiger partial charge in [-0.05, 0) is 6.92 Å². The van der Waals surface area contributed by atoms with E-state index in [0.717, 1.165) is 5.82 Å². The predicted octanol–water partition coefficient (Wildman–Crippen LogP) is 0.612. The van der Waals surface area contributed by atoms with Crippen LogP contribution in [0.2, 0.25) is 0 Å². The van der Waals surface area contributed by atoms with Crippen molar-refractivity contribution in [3.05, 3.63) is 24.8 Å². The lowest BCUT2D eigenvalue weighted by Crippen LogP contribution is -2.37. The summed E-state index contributed by atoms with van der Waals surface area (Å²) < 4.78 is 32.1. The SMILES string of the molecule is C=Cc1[nH]cc[n+]1CCC(C)S(=O)(=O)O. The molecule has 0 saturated carbocycles. The number of imidazole rings is 1. The molecule has 0 aliphatic rings. The maximum atomic E-state index is 10.8. The number of H-pyrrole nitrogens is 1. The molecule has 0 aliphatic carbocycles. The largest absolute Gasteiger partial charge is 0.285 e. The lowest BCUT2D eigenvalue weighted by molar-refractivity contribution is -0.697. The lowest BCUT2D eigenvalue weighted by Gasteiger charge is -2.05. The average Bonchev–Trinajstić information content (AvgIpc) is 2.59. The average molecular weight is 231 g/mol. The van der Waals surface area contributed by atoms with E-state index in [9.17, 15) is 8.42 Å². The third-order valence-corrected chi connectivity index (χ3v) is 3.53. The molecule has 0 amide bonds. The number of hydrogen-bond donors (Lipinski definition) is 2. The smallest absolute Gasteiger partial charge is 0.278 e. The zero-order valence-electron chi connectivity index (χ0n) is 8.55. The van der Waals surface area contributed by atoms with E-state index >= 15 is 0 Å². The predicted molar refractivity (Wildman–Crippen MR) is 56.7 cm³/mol. The molecular weight excluding hydrogens is 216 g/mol. The number of nitrogens with zero attached hydrogens (tertiary/aromatic N) is 1. The highest BCUT2D eigenvalue weighted by Gasteiger charge is 2.18. The zero-order chi connectivity index (χ0) is 11.5. The van der Waals surface area contributed by atoms with Crippen LogP contribution in [0.25, 0.3) is 6.08 Å². The summed E-state index contributed by atoms with van der Waals surface area (Å²) >= 11 is 0. The molecule has 5 nitrogen and oxygen atoms in total. The first-order valence-electron chi connectivity index (χ1n) is 4.60. The molecule has 0 radical (unpaired) electrons. The summed E-state index contributed by atoms with van der Waals surface area (Å²) in [5.74, 6) is 0.817. The van der Waals surface area contributed by atoms with Gasteiger partial charge in [0.1, 0.15) is 12.4 Å². The van der Waals surface area contributed by atoms with Gasteiger partial charge in [-0.15, -0.1) is 0 Å². The Kier molecular flexibility index (Phi) is 3.65. The molecule has 2 N–H and O–H groups in total. The Balaban J connectivity index is 2.62. The van der Waals surface area contributed by atoms with Crippen LogP contribution in [-0.2, 0) is 16.7 Å². The maximum absolute atomic E-state index is 10.8. The summed E-state index contributed by atoms with van der Waals surface area (Å²) in [6, 6.07) is 0. The molecule has 0 aromatic carbocycles. The van der Waals surface area contributed by atoms with Crippen LogP contribution < -0.4 is 4.57 Å². The Hall–Kier alpha value is -1.14. The van der Waals surface area contributed by atoms with E-state index in [4.69, 9.17) is 4.55 Å².